The molecule has 1 heterocycles. The van der Waals surface area contributed by atoms with Gasteiger partial charge >= 0.3 is 0 Å². The standard InChI is InChI=1S/C12H23N3O3/c1-9(12(17)14-13-10(2)16)15-6-4-5-11(7-15)8-18-3/h9,11H,4-8H2,1-3H3,(H,13,16)(H,14,17)/t9-,11+/m1/s1. The normalized spacial score (nSPS) is 22.3. The Morgan fingerprint density at radius 2 is 2.17 bits per heavy atom. The third-order valence-electron chi connectivity index (χ3n) is 3.24. The van der Waals surface area contributed by atoms with E-state index in [9.17, 15) is 9.59 Å². The Balaban J connectivity index is 2.42. The lowest BCUT2D eigenvalue weighted by Crippen LogP contribution is -2.53. The molecule has 0 saturated carbocycles. The van der Waals surface area contributed by atoms with Crippen molar-refractivity contribution in [3.05, 3.63) is 0 Å². The van der Waals surface area contributed by atoms with E-state index < -0.39 is 0 Å². The summed E-state index contributed by atoms with van der Waals surface area (Å²) in [5.74, 6) is 0.0366. The highest BCUT2D eigenvalue weighted by Crippen LogP contribution is 2.18. The van der Waals surface area contributed by atoms with Gasteiger partial charge in [-0.25, -0.2) is 0 Å². The average Bonchev–Trinajstić information content (AvgIpc) is 2.35. The number of amides is 2. The van der Waals surface area contributed by atoms with Crippen molar-refractivity contribution in [3.63, 3.8) is 0 Å². The van der Waals surface area contributed by atoms with Gasteiger partial charge in [-0.15, -0.1) is 0 Å². The molecule has 0 radical (unpaired) electrons. The molecule has 2 amide bonds. The van der Waals surface area contributed by atoms with E-state index in [0.717, 1.165) is 32.5 Å². The van der Waals surface area contributed by atoms with Gasteiger partial charge in [0, 0.05) is 20.6 Å². The van der Waals surface area contributed by atoms with E-state index in [1.807, 2.05) is 6.92 Å². The van der Waals surface area contributed by atoms with E-state index >= 15 is 0 Å². The zero-order chi connectivity index (χ0) is 13.5. The van der Waals surface area contributed by atoms with Crippen LogP contribution in [0.25, 0.3) is 0 Å². The summed E-state index contributed by atoms with van der Waals surface area (Å²) in [7, 11) is 1.70. The highest BCUT2D eigenvalue weighted by molar-refractivity contribution is 5.84. The lowest BCUT2D eigenvalue weighted by atomic mass is 9.97. The monoisotopic (exact) mass is 257 g/mol. The van der Waals surface area contributed by atoms with Crippen molar-refractivity contribution in [2.75, 3.05) is 26.8 Å². The van der Waals surface area contributed by atoms with Crippen molar-refractivity contribution in [3.8, 4) is 0 Å². The van der Waals surface area contributed by atoms with E-state index in [-0.39, 0.29) is 17.9 Å². The van der Waals surface area contributed by atoms with Crippen molar-refractivity contribution < 1.29 is 14.3 Å². The van der Waals surface area contributed by atoms with Crippen molar-refractivity contribution in [1.82, 2.24) is 15.8 Å². The minimum atomic E-state index is -0.272. The molecule has 0 aromatic heterocycles. The predicted molar refractivity (Wildman–Crippen MR) is 67.6 cm³/mol. The van der Waals surface area contributed by atoms with Crippen molar-refractivity contribution in [2.45, 2.75) is 32.7 Å². The molecule has 0 bridgehead atoms. The van der Waals surface area contributed by atoms with Gasteiger partial charge in [0.2, 0.25) is 5.91 Å². The molecule has 0 aromatic rings. The summed E-state index contributed by atoms with van der Waals surface area (Å²) in [4.78, 5) is 24.7. The summed E-state index contributed by atoms with van der Waals surface area (Å²) in [6.45, 7) is 5.72. The fourth-order valence-electron chi connectivity index (χ4n) is 2.24. The van der Waals surface area contributed by atoms with E-state index in [0.29, 0.717) is 5.92 Å². The zero-order valence-corrected chi connectivity index (χ0v) is 11.4. The number of nitrogens with zero attached hydrogens (tertiary/aromatic N) is 1. The Hall–Kier alpha value is -1.14. The van der Waals surface area contributed by atoms with Crippen LogP contribution in [0.15, 0.2) is 0 Å². The Kier molecular flexibility index (Phi) is 6.07. The maximum atomic E-state index is 11.8. The molecule has 6 nitrogen and oxygen atoms in total. The number of carbonyl (C=O) groups is 2. The number of hydrazine groups is 1. The van der Waals surface area contributed by atoms with Gasteiger partial charge < -0.3 is 4.74 Å². The first-order valence-electron chi connectivity index (χ1n) is 6.34. The summed E-state index contributed by atoms with van der Waals surface area (Å²) < 4.78 is 5.16. The van der Waals surface area contributed by atoms with Gasteiger partial charge in [0.25, 0.3) is 5.91 Å². The van der Waals surface area contributed by atoms with E-state index in [4.69, 9.17) is 4.74 Å². The molecule has 0 spiro atoms. The van der Waals surface area contributed by atoms with Crippen LogP contribution in [-0.2, 0) is 14.3 Å². The molecule has 104 valence electrons. The molecule has 1 aliphatic rings. The van der Waals surface area contributed by atoms with Gasteiger partial charge in [0.15, 0.2) is 0 Å². The molecule has 0 aromatic carbocycles. The van der Waals surface area contributed by atoms with Crippen LogP contribution in [0.3, 0.4) is 0 Å². The number of hydrogen-bond acceptors (Lipinski definition) is 4. The smallest absolute Gasteiger partial charge is 0.255 e. The molecule has 2 N–H and O–H groups in total. The highest BCUT2D eigenvalue weighted by Gasteiger charge is 2.27. The fraction of sp³-hybridized carbons (Fsp3) is 0.833. The number of rotatable bonds is 4. The Morgan fingerprint density at radius 1 is 1.44 bits per heavy atom. The maximum absolute atomic E-state index is 11.8. The molecular formula is C12H23N3O3. The second-order valence-corrected chi connectivity index (χ2v) is 4.80. The SMILES string of the molecule is COC[C@H]1CCCN([C@H](C)C(=O)NNC(C)=O)C1. The van der Waals surface area contributed by atoms with Gasteiger partial charge in [-0.05, 0) is 32.2 Å². The van der Waals surface area contributed by atoms with E-state index in [2.05, 4.69) is 15.8 Å². The molecule has 1 saturated heterocycles. The van der Waals surface area contributed by atoms with Crippen molar-refractivity contribution >= 4 is 11.8 Å². The van der Waals surface area contributed by atoms with E-state index in [1.165, 1.54) is 6.92 Å². The van der Waals surface area contributed by atoms with Crippen LogP contribution in [0, 0.1) is 5.92 Å². The lowest BCUT2D eigenvalue weighted by Gasteiger charge is -2.35. The van der Waals surface area contributed by atoms with Gasteiger partial charge in [-0.2, -0.15) is 0 Å². The minimum absolute atomic E-state index is 0.178. The summed E-state index contributed by atoms with van der Waals surface area (Å²) in [6, 6.07) is -0.239. The summed E-state index contributed by atoms with van der Waals surface area (Å²) in [5, 5.41) is 0. The molecule has 1 fully saturated rings. The van der Waals surface area contributed by atoms with Crippen LogP contribution in [0.5, 0.6) is 0 Å². The number of hydrogen-bond donors (Lipinski definition) is 2. The van der Waals surface area contributed by atoms with Crippen LogP contribution in [0.4, 0.5) is 0 Å². The average molecular weight is 257 g/mol. The number of likely N-dealkylation sites (tertiary alicyclic amines) is 1. The Labute approximate surface area is 108 Å². The maximum Gasteiger partial charge on any atom is 0.255 e. The predicted octanol–water partition coefficient (Wildman–Crippen LogP) is -0.0994. The van der Waals surface area contributed by atoms with E-state index in [1.54, 1.807) is 7.11 Å². The zero-order valence-electron chi connectivity index (χ0n) is 11.4. The Bertz CT molecular complexity index is 294. The van der Waals surface area contributed by atoms with Crippen molar-refractivity contribution in [1.29, 1.82) is 0 Å². The number of ether oxygens (including phenoxy) is 1. The second-order valence-electron chi connectivity index (χ2n) is 4.80. The third kappa shape index (κ3) is 4.62. The van der Waals surface area contributed by atoms with Crippen LogP contribution in [0.1, 0.15) is 26.7 Å². The molecule has 6 heteroatoms. The fourth-order valence-corrected chi connectivity index (χ4v) is 2.24. The third-order valence-corrected chi connectivity index (χ3v) is 3.24. The van der Waals surface area contributed by atoms with Crippen LogP contribution in [-0.4, -0.2) is 49.6 Å². The first-order valence-corrected chi connectivity index (χ1v) is 6.34. The molecule has 2 atom stereocenters. The minimum Gasteiger partial charge on any atom is -0.384 e. The van der Waals surface area contributed by atoms with Gasteiger partial charge in [-0.1, -0.05) is 0 Å². The number of nitrogens with one attached hydrogen (secondary N) is 2. The summed E-state index contributed by atoms with van der Waals surface area (Å²) >= 11 is 0. The highest BCUT2D eigenvalue weighted by atomic mass is 16.5. The first-order chi connectivity index (χ1) is 8.54. The first kappa shape index (κ1) is 14.9. The number of piperidine rings is 1. The quantitative estimate of drug-likeness (QED) is 0.690. The topological polar surface area (TPSA) is 70.7 Å². The molecule has 1 rings (SSSR count). The van der Waals surface area contributed by atoms with Gasteiger partial charge in [-0.3, -0.25) is 25.3 Å². The lowest BCUT2D eigenvalue weighted by molar-refractivity contribution is -0.131. The molecular weight excluding hydrogens is 234 g/mol. The molecule has 0 unspecified atom stereocenters. The molecule has 0 aliphatic carbocycles. The molecule has 1 aliphatic heterocycles. The van der Waals surface area contributed by atoms with Crippen molar-refractivity contribution in [2.24, 2.45) is 5.92 Å². The van der Waals surface area contributed by atoms with Crippen LogP contribution >= 0.6 is 0 Å². The van der Waals surface area contributed by atoms with Crippen LogP contribution < -0.4 is 10.9 Å². The second kappa shape index (κ2) is 7.33. The van der Waals surface area contributed by atoms with Gasteiger partial charge in [0.05, 0.1) is 12.6 Å². The molecule has 18 heavy (non-hydrogen) atoms. The van der Waals surface area contributed by atoms with Gasteiger partial charge in [0.1, 0.15) is 0 Å². The summed E-state index contributed by atoms with van der Waals surface area (Å²) in [5.41, 5.74) is 4.73. The Morgan fingerprint density at radius 3 is 2.78 bits per heavy atom. The number of methoxy groups -OCH3 is 1. The largest absolute Gasteiger partial charge is 0.384 e. The van der Waals surface area contributed by atoms with Crippen LogP contribution in [0.2, 0.25) is 0 Å². The summed E-state index contributed by atoms with van der Waals surface area (Å²) in [6.07, 6.45) is 2.22. The number of carbonyl (C=O) groups excluding carboxylic acids is 2.